The number of rotatable bonds is 1. The highest BCUT2D eigenvalue weighted by molar-refractivity contribution is 5.97. The van der Waals surface area contributed by atoms with E-state index >= 15 is 0 Å². The maximum absolute atomic E-state index is 5.46. The minimum Gasteiger partial charge on any atom is -0.496 e. The van der Waals surface area contributed by atoms with Gasteiger partial charge in [0, 0.05) is 5.39 Å². The Morgan fingerprint density at radius 3 is 2.94 bits per heavy atom. The van der Waals surface area contributed by atoms with Gasteiger partial charge in [-0.2, -0.15) is 0 Å². The molecule has 3 rings (SSSR count). The van der Waals surface area contributed by atoms with Crippen LogP contribution in [-0.2, 0) is 6.42 Å². The highest BCUT2D eigenvalue weighted by atomic mass is 16.5. The maximum Gasteiger partial charge on any atom is 0.127 e. The Hall–Kier alpha value is -1.76. The first-order chi connectivity index (χ1) is 7.90. The van der Waals surface area contributed by atoms with Crippen LogP contribution in [0.5, 0.6) is 5.75 Å². The molecule has 0 aromatic heterocycles. The fourth-order valence-corrected chi connectivity index (χ4v) is 2.43. The summed E-state index contributed by atoms with van der Waals surface area (Å²) in [5, 5.41) is 2.50. The molecule has 0 spiro atoms. The van der Waals surface area contributed by atoms with Gasteiger partial charge in [-0.3, -0.25) is 0 Å². The molecule has 80 valence electrons. The van der Waals surface area contributed by atoms with Crippen LogP contribution in [0.1, 0.15) is 17.5 Å². The average Bonchev–Trinajstić information content (AvgIpc) is 2.37. The summed E-state index contributed by atoms with van der Waals surface area (Å²) in [6, 6.07) is 10.6. The van der Waals surface area contributed by atoms with E-state index in [1.54, 1.807) is 7.11 Å². The minimum absolute atomic E-state index is 0.973. The van der Waals surface area contributed by atoms with E-state index < -0.39 is 0 Å². The van der Waals surface area contributed by atoms with Gasteiger partial charge < -0.3 is 4.74 Å². The molecular weight excluding hydrogens is 196 g/mol. The van der Waals surface area contributed by atoms with E-state index in [9.17, 15) is 0 Å². The van der Waals surface area contributed by atoms with Crippen molar-refractivity contribution < 1.29 is 4.74 Å². The Bertz CT molecular complexity index is 567. The Morgan fingerprint density at radius 1 is 1.12 bits per heavy atom. The molecule has 0 unspecified atom stereocenters. The van der Waals surface area contributed by atoms with Gasteiger partial charge in [-0.15, -0.1) is 0 Å². The molecule has 0 aliphatic heterocycles. The number of fused-ring (bicyclic) bond motifs is 3. The predicted octanol–water partition coefficient (Wildman–Crippen LogP) is 3.81. The molecule has 16 heavy (non-hydrogen) atoms. The van der Waals surface area contributed by atoms with Crippen molar-refractivity contribution in [3.63, 3.8) is 0 Å². The molecule has 0 saturated heterocycles. The van der Waals surface area contributed by atoms with Gasteiger partial charge >= 0.3 is 0 Å². The molecule has 0 amide bonds. The van der Waals surface area contributed by atoms with E-state index in [-0.39, 0.29) is 0 Å². The molecule has 0 radical (unpaired) electrons. The van der Waals surface area contributed by atoms with Crippen molar-refractivity contribution in [1.82, 2.24) is 0 Å². The summed E-state index contributed by atoms with van der Waals surface area (Å²) in [5.74, 6) is 0.973. The van der Waals surface area contributed by atoms with Crippen LogP contribution in [0.3, 0.4) is 0 Å². The van der Waals surface area contributed by atoms with Crippen LogP contribution in [0.4, 0.5) is 0 Å². The van der Waals surface area contributed by atoms with E-state index in [1.807, 2.05) is 12.1 Å². The second kappa shape index (κ2) is 3.67. The number of ether oxygens (including phenoxy) is 1. The van der Waals surface area contributed by atoms with Gasteiger partial charge in [0.05, 0.1) is 7.11 Å². The van der Waals surface area contributed by atoms with Gasteiger partial charge in [-0.05, 0) is 35.4 Å². The Labute approximate surface area is 95.4 Å². The van der Waals surface area contributed by atoms with Crippen molar-refractivity contribution in [1.29, 1.82) is 0 Å². The zero-order chi connectivity index (χ0) is 11.0. The lowest BCUT2D eigenvalue weighted by Gasteiger charge is -2.15. The van der Waals surface area contributed by atoms with Gasteiger partial charge in [-0.1, -0.05) is 36.4 Å². The fourth-order valence-electron chi connectivity index (χ4n) is 2.43. The quantitative estimate of drug-likeness (QED) is 0.695. The van der Waals surface area contributed by atoms with Gasteiger partial charge in [0.2, 0.25) is 0 Å². The van der Waals surface area contributed by atoms with Crippen LogP contribution in [0.2, 0.25) is 0 Å². The van der Waals surface area contributed by atoms with Crippen LogP contribution in [0.25, 0.3) is 16.8 Å². The van der Waals surface area contributed by atoms with E-state index in [2.05, 4.69) is 30.4 Å². The normalized spacial score (nSPS) is 13.8. The summed E-state index contributed by atoms with van der Waals surface area (Å²) in [6.07, 6.45) is 6.76. The van der Waals surface area contributed by atoms with Crippen LogP contribution >= 0.6 is 0 Å². The van der Waals surface area contributed by atoms with E-state index in [0.717, 1.165) is 18.6 Å². The summed E-state index contributed by atoms with van der Waals surface area (Å²) in [6.45, 7) is 0. The Kier molecular flexibility index (Phi) is 2.17. The second-order valence-corrected chi connectivity index (χ2v) is 4.14. The maximum atomic E-state index is 5.46. The standard InChI is InChI=1S/C15H14O/c1-16-14-8-4-6-12-10-9-11-5-2-3-7-13(11)15(12)14/h3-4,6-10H,2,5H2,1H3. The molecule has 2 aromatic rings. The molecule has 1 nitrogen and oxygen atoms in total. The third-order valence-electron chi connectivity index (χ3n) is 3.22. The third-order valence-corrected chi connectivity index (χ3v) is 3.22. The van der Waals surface area contributed by atoms with Gasteiger partial charge in [0.15, 0.2) is 0 Å². The number of aryl methyl sites for hydroxylation is 1. The second-order valence-electron chi connectivity index (χ2n) is 4.14. The smallest absolute Gasteiger partial charge is 0.127 e. The fraction of sp³-hybridized carbons (Fsp3) is 0.200. The summed E-state index contributed by atoms with van der Waals surface area (Å²) < 4.78 is 5.46. The first kappa shape index (κ1) is 9.46. The average molecular weight is 210 g/mol. The van der Waals surface area contributed by atoms with E-state index in [1.165, 1.54) is 21.9 Å². The highest BCUT2D eigenvalue weighted by Crippen LogP contribution is 2.34. The zero-order valence-electron chi connectivity index (χ0n) is 9.36. The van der Waals surface area contributed by atoms with Crippen molar-refractivity contribution in [3.8, 4) is 5.75 Å². The zero-order valence-corrected chi connectivity index (χ0v) is 9.36. The lowest BCUT2D eigenvalue weighted by atomic mass is 9.92. The number of allylic oxidation sites excluding steroid dienone is 1. The SMILES string of the molecule is COc1cccc2ccc3c(c12)C=CCC3. The van der Waals surface area contributed by atoms with Crippen molar-refractivity contribution in [2.45, 2.75) is 12.8 Å². The first-order valence-corrected chi connectivity index (χ1v) is 5.65. The summed E-state index contributed by atoms with van der Waals surface area (Å²) in [7, 11) is 1.74. The van der Waals surface area contributed by atoms with Crippen molar-refractivity contribution in [2.75, 3.05) is 7.11 Å². The summed E-state index contributed by atoms with van der Waals surface area (Å²) in [4.78, 5) is 0. The van der Waals surface area contributed by atoms with Crippen LogP contribution in [-0.4, -0.2) is 7.11 Å². The van der Waals surface area contributed by atoms with Crippen molar-refractivity contribution >= 4 is 16.8 Å². The van der Waals surface area contributed by atoms with Gasteiger partial charge in [0.25, 0.3) is 0 Å². The Morgan fingerprint density at radius 2 is 2.06 bits per heavy atom. The van der Waals surface area contributed by atoms with Crippen LogP contribution in [0.15, 0.2) is 36.4 Å². The molecule has 1 heteroatoms. The lowest BCUT2D eigenvalue weighted by Crippen LogP contribution is -1.96. The van der Waals surface area contributed by atoms with E-state index in [0.29, 0.717) is 0 Å². The van der Waals surface area contributed by atoms with Gasteiger partial charge in [0.1, 0.15) is 5.75 Å². The molecule has 0 saturated carbocycles. The largest absolute Gasteiger partial charge is 0.496 e. The highest BCUT2D eigenvalue weighted by Gasteiger charge is 2.11. The summed E-state index contributed by atoms with van der Waals surface area (Å²) >= 11 is 0. The molecule has 2 aromatic carbocycles. The van der Waals surface area contributed by atoms with Gasteiger partial charge in [-0.25, -0.2) is 0 Å². The molecule has 1 aliphatic rings. The molecule has 0 N–H and O–H groups in total. The molecule has 1 aliphatic carbocycles. The molecule has 0 atom stereocenters. The van der Waals surface area contributed by atoms with Crippen molar-refractivity contribution in [3.05, 3.63) is 47.5 Å². The topological polar surface area (TPSA) is 9.23 Å². The third kappa shape index (κ3) is 1.32. The monoisotopic (exact) mass is 210 g/mol. The molecular formula is C15H14O. The first-order valence-electron chi connectivity index (χ1n) is 5.65. The molecule has 0 heterocycles. The van der Waals surface area contributed by atoms with E-state index in [4.69, 9.17) is 4.74 Å². The predicted molar refractivity (Wildman–Crippen MR) is 67.9 cm³/mol. The van der Waals surface area contributed by atoms with Crippen LogP contribution < -0.4 is 4.74 Å². The number of hydrogen-bond donors (Lipinski definition) is 0. The van der Waals surface area contributed by atoms with Crippen molar-refractivity contribution in [2.24, 2.45) is 0 Å². The Balaban J connectivity index is 2.42. The number of hydrogen-bond acceptors (Lipinski definition) is 1. The molecule has 0 bridgehead atoms. The lowest BCUT2D eigenvalue weighted by molar-refractivity contribution is 0.419. The van der Waals surface area contributed by atoms with Crippen LogP contribution in [0, 0.1) is 0 Å². The minimum atomic E-state index is 0.973. The number of methoxy groups -OCH3 is 1. The molecule has 0 fully saturated rings. The summed E-state index contributed by atoms with van der Waals surface area (Å²) in [5.41, 5.74) is 2.76. The number of benzene rings is 2.